The second-order valence-electron chi connectivity index (χ2n) is 8.96. The molecule has 3 saturated carbocycles. The molecular formula is C21H32O2. The summed E-state index contributed by atoms with van der Waals surface area (Å²) in [6, 6.07) is 0. The highest BCUT2D eigenvalue weighted by Crippen LogP contribution is 2.64. The minimum atomic E-state index is -0.0552. The second kappa shape index (κ2) is 5.72. The van der Waals surface area contributed by atoms with E-state index in [1.165, 1.54) is 37.7 Å². The molecule has 3 fully saturated rings. The Morgan fingerprint density at radius 3 is 2.78 bits per heavy atom. The molecule has 2 heteroatoms. The highest BCUT2D eigenvalue weighted by molar-refractivity contribution is 5.91. The summed E-state index contributed by atoms with van der Waals surface area (Å²) < 4.78 is 0. The van der Waals surface area contributed by atoms with Gasteiger partial charge in [0.15, 0.2) is 5.78 Å². The van der Waals surface area contributed by atoms with Crippen LogP contribution in [0, 0.1) is 40.9 Å². The number of rotatable bonds is 2. The van der Waals surface area contributed by atoms with Crippen molar-refractivity contribution in [3.63, 3.8) is 0 Å². The molecule has 4 aliphatic carbocycles. The van der Waals surface area contributed by atoms with Crippen molar-refractivity contribution in [3.05, 3.63) is 11.6 Å². The molecule has 0 aromatic heterocycles. The third-order valence-electron chi connectivity index (χ3n) is 8.31. The van der Waals surface area contributed by atoms with Crippen molar-refractivity contribution >= 4 is 5.78 Å². The van der Waals surface area contributed by atoms with Crippen LogP contribution in [0.3, 0.4) is 0 Å². The first-order valence-electron chi connectivity index (χ1n) is 9.95. The summed E-state index contributed by atoms with van der Waals surface area (Å²) in [6.45, 7) is 5.10. The number of aliphatic hydroxyl groups is 1. The van der Waals surface area contributed by atoms with Gasteiger partial charge in [-0.2, -0.15) is 0 Å². The Kier molecular flexibility index (Phi) is 3.95. The SMILES string of the molecule is CC[C@H]1CCC2C3CCC4=CC(=O)CC[C@]4(CO)C3C[C@@H](C)C21. The molecule has 0 aliphatic heterocycles. The average molecular weight is 316 g/mol. The third-order valence-corrected chi connectivity index (χ3v) is 8.31. The molecule has 4 unspecified atom stereocenters. The molecule has 0 bridgehead atoms. The topological polar surface area (TPSA) is 37.3 Å². The van der Waals surface area contributed by atoms with Crippen LogP contribution in [0.2, 0.25) is 0 Å². The fourth-order valence-electron chi connectivity index (χ4n) is 7.37. The molecule has 4 aliphatic rings. The van der Waals surface area contributed by atoms with E-state index in [1.807, 2.05) is 6.08 Å². The Morgan fingerprint density at radius 2 is 2.04 bits per heavy atom. The van der Waals surface area contributed by atoms with Gasteiger partial charge in [-0.25, -0.2) is 0 Å². The van der Waals surface area contributed by atoms with Crippen LogP contribution in [0.1, 0.15) is 65.2 Å². The number of hydrogen-bond donors (Lipinski definition) is 1. The normalized spacial score (nSPS) is 49.2. The highest BCUT2D eigenvalue weighted by Gasteiger charge is 2.57. The van der Waals surface area contributed by atoms with Crippen LogP contribution in [-0.4, -0.2) is 17.5 Å². The summed E-state index contributed by atoms with van der Waals surface area (Å²) in [5, 5.41) is 10.4. The maximum absolute atomic E-state index is 11.9. The van der Waals surface area contributed by atoms with Gasteiger partial charge in [-0.15, -0.1) is 0 Å². The van der Waals surface area contributed by atoms with Crippen LogP contribution < -0.4 is 0 Å². The van der Waals surface area contributed by atoms with Crippen molar-refractivity contribution in [2.75, 3.05) is 6.61 Å². The minimum absolute atomic E-state index is 0.0552. The first kappa shape index (κ1) is 15.9. The van der Waals surface area contributed by atoms with Crippen LogP contribution in [0.25, 0.3) is 0 Å². The molecule has 0 aromatic rings. The van der Waals surface area contributed by atoms with Gasteiger partial charge in [0.05, 0.1) is 6.61 Å². The quantitative estimate of drug-likeness (QED) is 0.821. The molecule has 4 rings (SSSR count). The monoisotopic (exact) mass is 316 g/mol. The molecule has 1 N–H and O–H groups in total. The zero-order valence-corrected chi connectivity index (χ0v) is 14.8. The van der Waals surface area contributed by atoms with Gasteiger partial charge >= 0.3 is 0 Å². The second-order valence-corrected chi connectivity index (χ2v) is 8.96. The Bertz CT molecular complexity index is 522. The molecular weight excluding hydrogens is 284 g/mol. The maximum Gasteiger partial charge on any atom is 0.155 e. The molecule has 0 aromatic carbocycles. The van der Waals surface area contributed by atoms with E-state index in [9.17, 15) is 9.90 Å². The van der Waals surface area contributed by atoms with E-state index in [4.69, 9.17) is 0 Å². The van der Waals surface area contributed by atoms with Crippen molar-refractivity contribution < 1.29 is 9.90 Å². The molecule has 7 atom stereocenters. The van der Waals surface area contributed by atoms with E-state index >= 15 is 0 Å². The Hall–Kier alpha value is -0.630. The predicted octanol–water partition coefficient (Wildman–Crippen LogP) is 4.37. The summed E-state index contributed by atoms with van der Waals surface area (Å²) in [6.07, 6.45) is 11.2. The lowest BCUT2D eigenvalue weighted by molar-refractivity contribution is -0.118. The van der Waals surface area contributed by atoms with Gasteiger partial charge in [-0.1, -0.05) is 25.8 Å². The molecule has 23 heavy (non-hydrogen) atoms. The molecule has 128 valence electrons. The summed E-state index contributed by atoms with van der Waals surface area (Å²) >= 11 is 0. The van der Waals surface area contributed by atoms with Crippen molar-refractivity contribution in [2.24, 2.45) is 40.9 Å². The molecule has 0 spiro atoms. The Balaban J connectivity index is 1.69. The molecule has 2 nitrogen and oxygen atoms in total. The number of carbonyl (C=O) groups excluding carboxylic acids is 1. The number of carbonyl (C=O) groups is 1. The van der Waals surface area contributed by atoms with Gasteiger partial charge in [-0.05, 0) is 80.1 Å². The van der Waals surface area contributed by atoms with E-state index in [0.717, 1.165) is 42.4 Å². The van der Waals surface area contributed by atoms with Crippen LogP contribution >= 0.6 is 0 Å². The van der Waals surface area contributed by atoms with Crippen LogP contribution in [-0.2, 0) is 4.79 Å². The first-order valence-corrected chi connectivity index (χ1v) is 9.95. The first-order chi connectivity index (χ1) is 11.1. The van der Waals surface area contributed by atoms with E-state index in [2.05, 4.69) is 13.8 Å². The van der Waals surface area contributed by atoms with Gasteiger partial charge in [0.2, 0.25) is 0 Å². The van der Waals surface area contributed by atoms with Crippen molar-refractivity contribution in [1.82, 2.24) is 0 Å². The predicted molar refractivity (Wildman–Crippen MR) is 91.8 cm³/mol. The number of fused-ring (bicyclic) bond motifs is 5. The van der Waals surface area contributed by atoms with Gasteiger partial charge in [-0.3, -0.25) is 4.79 Å². The largest absolute Gasteiger partial charge is 0.395 e. The van der Waals surface area contributed by atoms with Crippen LogP contribution in [0.5, 0.6) is 0 Å². The van der Waals surface area contributed by atoms with E-state index in [-0.39, 0.29) is 17.8 Å². The van der Waals surface area contributed by atoms with Gasteiger partial charge in [0.25, 0.3) is 0 Å². The molecule has 0 amide bonds. The maximum atomic E-state index is 11.9. The average Bonchev–Trinajstić information content (AvgIpc) is 2.99. The van der Waals surface area contributed by atoms with Crippen LogP contribution in [0.4, 0.5) is 0 Å². The lowest BCUT2D eigenvalue weighted by atomic mass is 9.47. The Morgan fingerprint density at radius 1 is 1.22 bits per heavy atom. The number of ketones is 1. The fraction of sp³-hybridized carbons (Fsp3) is 0.857. The van der Waals surface area contributed by atoms with Crippen molar-refractivity contribution in [1.29, 1.82) is 0 Å². The molecule has 0 saturated heterocycles. The van der Waals surface area contributed by atoms with Crippen LogP contribution in [0.15, 0.2) is 11.6 Å². The van der Waals surface area contributed by atoms with Gasteiger partial charge < -0.3 is 5.11 Å². The molecule has 0 heterocycles. The number of aliphatic hydroxyl groups excluding tert-OH is 1. The number of hydrogen-bond acceptors (Lipinski definition) is 2. The van der Waals surface area contributed by atoms with Gasteiger partial charge in [0.1, 0.15) is 0 Å². The fourth-order valence-corrected chi connectivity index (χ4v) is 7.37. The van der Waals surface area contributed by atoms with Gasteiger partial charge in [0, 0.05) is 11.8 Å². The summed E-state index contributed by atoms with van der Waals surface area (Å²) in [4.78, 5) is 11.9. The lowest BCUT2D eigenvalue weighted by Crippen LogP contribution is -2.52. The lowest BCUT2D eigenvalue weighted by Gasteiger charge is -2.57. The smallest absolute Gasteiger partial charge is 0.155 e. The Labute approximate surface area is 140 Å². The van der Waals surface area contributed by atoms with E-state index < -0.39 is 0 Å². The minimum Gasteiger partial charge on any atom is -0.395 e. The van der Waals surface area contributed by atoms with E-state index in [1.54, 1.807) is 0 Å². The van der Waals surface area contributed by atoms with E-state index in [0.29, 0.717) is 12.3 Å². The summed E-state index contributed by atoms with van der Waals surface area (Å²) in [5.41, 5.74) is 1.24. The third kappa shape index (κ3) is 2.20. The zero-order valence-electron chi connectivity index (χ0n) is 14.8. The zero-order chi connectivity index (χ0) is 16.2. The summed E-state index contributed by atoms with van der Waals surface area (Å²) in [7, 11) is 0. The van der Waals surface area contributed by atoms with Crippen molar-refractivity contribution in [3.8, 4) is 0 Å². The summed E-state index contributed by atoms with van der Waals surface area (Å²) in [5.74, 6) is 5.23. The molecule has 0 radical (unpaired) electrons. The van der Waals surface area contributed by atoms with Crippen molar-refractivity contribution in [2.45, 2.75) is 65.2 Å². The standard InChI is InChI=1S/C21H32O2/c1-3-14-4-6-18-17-7-5-15-11-16(23)8-9-21(15,12-22)19(17)10-13(2)20(14)18/h11,13-14,17-20,22H,3-10,12H2,1-2H3/t13-,14+,17?,18?,19?,20?,21-/m1/s1. The highest BCUT2D eigenvalue weighted by atomic mass is 16.3.